The molecule has 3 rings (SSSR count). The monoisotopic (exact) mass is 402 g/mol. The van der Waals surface area contributed by atoms with E-state index in [4.69, 9.17) is 23.8 Å². The number of hydrogen-bond acceptors (Lipinski definition) is 4. The van der Waals surface area contributed by atoms with Gasteiger partial charge in [0.25, 0.3) is 0 Å². The molecule has 27 heavy (non-hydrogen) atoms. The number of carbonyl (C=O) groups is 1. The average Bonchev–Trinajstić information content (AvgIpc) is 2.64. The first-order valence-corrected chi connectivity index (χ1v) is 9.69. The quantitative estimate of drug-likeness (QED) is 0.766. The number of hydrogen-bond donors (Lipinski definition) is 2. The highest BCUT2D eigenvalue weighted by atomic mass is 35.5. The minimum Gasteiger partial charge on any atom is -0.369 e. The Balaban J connectivity index is 1.51. The molecule has 1 heterocycles. The minimum absolute atomic E-state index is 0.182. The zero-order chi connectivity index (χ0) is 19.2. The van der Waals surface area contributed by atoms with Gasteiger partial charge in [-0.05, 0) is 48.1 Å². The molecule has 0 saturated carbocycles. The van der Waals surface area contributed by atoms with Gasteiger partial charge in [0.15, 0.2) is 5.11 Å². The highest BCUT2D eigenvalue weighted by Crippen LogP contribution is 2.22. The molecule has 2 aromatic carbocycles. The molecule has 0 aromatic heterocycles. The third-order valence-electron chi connectivity index (χ3n) is 4.50. The molecule has 0 atom stereocenters. The summed E-state index contributed by atoms with van der Waals surface area (Å²) in [6, 6.07) is 16.1. The Morgan fingerprint density at radius 3 is 2.37 bits per heavy atom. The van der Waals surface area contributed by atoms with E-state index in [0.29, 0.717) is 5.11 Å². The molecule has 2 aromatic rings. The number of rotatable bonds is 4. The van der Waals surface area contributed by atoms with Crippen LogP contribution in [0.3, 0.4) is 0 Å². The van der Waals surface area contributed by atoms with Crippen LogP contribution in [-0.2, 0) is 11.3 Å². The van der Waals surface area contributed by atoms with E-state index in [2.05, 4.69) is 38.6 Å². The zero-order valence-electron chi connectivity index (χ0n) is 15.2. The topological polar surface area (TPSA) is 47.6 Å². The summed E-state index contributed by atoms with van der Waals surface area (Å²) in [5.41, 5.74) is 3.22. The van der Waals surface area contributed by atoms with Crippen molar-refractivity contribution in [2.75, 3.05) is 36.4 Å². The molecule has 0 unspecified atom stereocenters. The lowest BCUT2D eigenvalue weighted by atomic mass is 10.2. The largest absolute Gasteiger partial charge is 0.369 e. The molecule has 0 radical (unpaired) electrons. The summed E-state index contributed by atoms with van der Waals surface area (Å²) < 4.78 is 0. The standard InChI is InChI=1S/C20H23ClN4OS/c1-15(26)22-20(27)23-17-6-8-18(9-7-17)25-12-10-24(11-13-25)14-16-4-2-3-5-19(16)21/h2-9H,10-14H2,1H3,(H2,22,23,26,27). The Labute approximate surface area is 170 Å². The molecule has 0 aliphatic carbocycles. The molecule has 1 aliphatic heterocycles. The Hall–Kier alpha value is -2.15. The lowest BCUT2D eigenvalue weighted by Gasteiger charge is -2.36. The van der Waals surface area contributed by atoms with Gasteiger partial charge in [-0.1, -0.05) is 29.8 Å². The number of thiocarbonyl (C=S) groups is 1. The SMILES string of the molecule is CC(=O)NC(=S)Nc1ccc(N2CCN(Cc3ccccc3Cl)CC2)cc1. The first kappa shape index (κ1) is 19.6. The van der Waals surface area contributed by atoms with E-state index in [-0.39, 0.29) is 5.91 Å². The predicted octanol–water partition coefficient (Wildman–Crippen LogP) is 3.50. The van der Waals surface area contributed by atoms with E-state index in [1.165, 1.54) is 18.2 Å². The molecule has 1 aliphatic rings. The van der Waals surface area contributed by atoms with Gasteiger partial charge in [0, 0.05) is 56.0 Å². The molecule has 142 valence electrons. The summed E-state index contributed by atoms with van der Waals surface area (Å²) in [7, 11) is 0. The van der Waals surface area contributed by atoms with Gasteiger partial charge in [0.1, 0.15) is 0 Å². The van der Waals surface area contributed by atoms with Gasteiger partial charge in [-0.2, -0.15) is 0 Å². The van der Waals surface area contributed by atoms with Crippen LogP contribution >= 0.6 is 23.8 Å². The smallest absolute Gasteiger partial charge is 0.222 e. The van der Waals surface area contributed by atoms with Crippen LogP contribution in [0.1, 0.15) is 12.5 Å². The van der Waals surface area contributed by atoms with E-state index in [0.717, 1.165) is 43.4 Å². The molecule has 2 N–H and O–H groups in total. The maximum Gasteiger partial charge on any atom is 0.222 e. The van der Waals surface area contributed by atoms with Crippen LogP contribution < -0.4 is 15.5 Å². The van der Waals surface area contributed by atoms with Crippen molar-refractivity contribution in [2.24, 2.45) is 0 Å². The van der Waals surface area contributed by atoms with Crippen molar-refractivity contribution in [1.29, 1.82) is 0 Å². The Kier molecular flexibility index (Phi) is 6.66. The second kappa shape index (κ2) is 9.17. The predicted molar refractivity (Wildman–Crippen MR) is 115 cm³/mol. The number of nitrogens with one attached hydrogen (secondary N) is 2. The summed E-state index contributed by atoms with van der Waals surface area (Å²) in [4.78, 5) is 15.8. The molecular formula is C20H23ClN4OS. The maximum absolute atomic E-state index is 11.0. The van der Waals surface area contributed by atoms with Crippen LogP contribution in [0.4, 0.5) is 11.4 Å². The maximum atomic E-state index is 11.0. The van der Waals surface area contributed by atoms with E-state index < -0.39 is 0 Å². The van der Waals surface area contributed by atoms with Gasteiger partial charge in [0.05, 0.1) is 0 Å². The van der Waals surface area contributed by atoms with Gasteiger partial charge in [-0.3, -0.25) is 9.69 Å². The second-order valence-corrected chi connectivity index (χ2v) is 7.35. The second-order valence-electron chi connectivity index (χ2n) is 6.54. The Morgan fingerprint density at radius 1 is 1.07 bits per heavy atom. The van der Waals surface area contributed by atoms with Crippen molar-refractivity contribution in [2.45, 2.75) is 13.5 Å². The van der Waals surface area contributed by atoms with E-state index in [9.17, 15) is 4.79 Å². The first-order chi connectivity index (χ1) is 13.0. The van der Waals surface area contributed by atoms with Crippen molar-refractivity contribution >= 4 is 46.2 Å². The molecule has 5 nitrogen and oxygen atoms in total. The van der Waals surface area contributed by atoms with Crippen LogP contribution in [0.2, 0.25) is 5.02 Å². The number of piperazine rings is 1. The summed E-state index contributed by atoms with van der Waals surface area (Å²) in [6.45, 7) is 6.26. The van der Waals surface area contributed by atoms with Gasteiger partial charge in [-0.15, -0.1) is 0 Å². The number of anilines is 2. The lowest BCUT2D eigenvalue weighted by molar-refractivity contribution is -0.117. The van der Waals surface area contributed by atoms with Crippen molar-refractivity contribution in [1.82, 2.24) is 10.2 Å². The molecule has 1 saturated heterocycles. The van der Waals surface area contributed by atoms with Gasteiger partial charge in [-0.25, -0.2) is 0 Å². The highest BCUT2D eigenvalue weighted by Gasteiger charge is 2.18. The fourth-order valence-electron chi connectivity index (χ4n) is 3.11. The highest BCUT2D eigenvalue weighted by molar-refractivity contribution is 7.80. The van der Waals surface area contributed by atoms with E-state index in [1.54, 1.807) is 0 Å². The number of benzene rings is 2. The normalized spacial score (nSPS) is 14.7. The van der Waals surface area contributed by atoms with E-state index >= 15 is 0 Å². The van der Waals surface area contributed by atoms with Crippen LogP contribution in [0.15, 0.2) is 48.5 Å². The number of carbonyl (C=O) groups excluding carboxylic acids is 1. The Morgan fingerprint density at radius 2 is 1.74 bits per heavy atom. The number of nitrogens with zero attached hydrogens (tertiary/aromatic N) is 2. The molecule has 0 spiro atoms. The summed E-state index contributed by atoms with van der Waals surface area (Å²) >= 11 is 11.3. The number of halogens is 1. The lowest BCUT2D eigenvalue weighted by Crippen LogP contribution is -2.46. The van der Waals surface area contributed by atoms with Crippen molar-refractivity contribution in [3.8, 4) is 0 Å². The average molecular weight is 403 g/mol. The molecule has 0 bridgehead atoms. The van der Waals surface area contributed by atoms with Crippen LogP contribution in [0.25, 0.3) is 0 Å². The summed E-state index contributed by atoms with van der Waals surface area (Å²) in [6.07, 6.45) is 0. The summed E-state index contributed by atoms with van der Waals surface area (Å²) in [5, 5.41) is 6.70. The van der Waals surface area contributed by atoms with Crippen molar-refractivity contribution < 1.29 is 4.79 Å². The van der Waals surface area contributed by atoms with Crippen molar-refractivity contribution in [3.05, 3.63) is 59.1 Å². The van der Waals surface area contributed by atoms with Crippen LogP contribution in [-0.4, -0.2) is 42.1 Å². The van der Waals surface area contributed by atoms with Crippen molar-refractivity contribution in [3.63, 3.8) is 0 Å². The fourth-order valence-corrected chi connectivity index (χ4v) is 3.57. The molecular weight excluding hydrogens is 380 g/mol. The summed E-state index contributed by atoms with van der Waals surface area (Å²) in [5.74, 6) is -0.182. The zero-order valence-corrected chi connectivity index (χ0v) is 16.8. The minimum atomic E-state index is -0.182. The van der Waals surface area contributed by atoms with E-state index in [1.807, 2.05) is 30.3 Å². The van der Waals surface area contributed by atoms with Gasteiger partial charge < -0.3 is 15.5 Å². The van der Waals surface area contributed by atoms with Gasteiger partial charge >= 0.3 is 0 Å². The Bertz CT molecular complexity index is 804. The third-order valence-corrected chi connectivity index (χ3v) is 5.08. The number of amides is 1. The van der Waals surface area contributed by atoms with Crippen LogP contribution in [0, 0.1) is 0 Å². The molecule has 7 heteroatoms. The molecule has 1 amide bonds. The first-order valence-electron chi connectivity index (χ1n) is 8.90. The fraction of sp³-hybridized carbons (Fsp3) is 0.300. The van der Waals surface area contributed by atoms with Gasteiger partial charge in [0.2, 0.25) is 5.91 Å². The van der Waals surface area contributed by atoms with Crippen LogP contribution in [0.5, 0.6) is 0 Å². The molecule has 1 fully saturated rings. The third kappa shape index (κ3) is 5.66.